The molecule has 0 heterocycles. The van der Waals surface area contributed by atoms with Crippen LogP contribution in [0, 0.1) is 0 Å². The Hall–Kier alpha value is -5.16. The maximum absolute atomic E-state index is 9.03. The smallest absolute Gasteiger partial charge is 0.115 e. The molecular formula is C40H32O4. The highest BCUT2D eigenvalue weighted by molar-refractivity contribution is 6.44. The first kappa shape index (κ1) is 27.7. The van der Waals surface area contributed by atoms with E-state index in [9.17, 15) is 0 Å². The standard InChI is InChI=1S/C24H12.2C8H10O2/c1-2-14-5-6-16-9-11-18-12-10-17-8-7-15-4-3-13(1)19-20(14)22(16)24(18)23(17)21(15)19;2*1-6(9)7-2-4-8(10)5-3-7/h1-12H;2*2-6,9-10H,1H3. The summed E-state index contributed by atoms with van der Waals surface area (Å²) in [5.74, 6) is 0.453. The van der Waals surface area contributed by atoms with E-state index in [0.717, 1.165) is 11.1 Å². The normalized spacial score (nSPS) is 13.0. The first-order valence-corrected chi connectivity index (χ1v) is 14.8. The molecule has 216 valence electrons. The lowest BCUT2D eigenvalue weighted by molar-refractivity contribution is 0.199. The number of rotatable bonds is 2. The Kier molecular flexibility index (Phi) is 6.81. The van der Waals surface area contributed by atoms with Crippen LogP contribution in [0.4, 0.5) is 0 Å². The van der Waals surface area contributed by atoms with Crippen molar-refractivity contribution in [3.8, 4) is 11.5 Å². The van der Waals surface area contributed by atoms with Crippen molar-refractivity contribution in [3.63, 3.8) is 0 Å². The van der Waals surface area contributed by atoms with Crippen LogP contribution in [0.5, 0.6) is 11.5 Å². The van der Waals surface area contributed by atoms with Gasteiger partial charge in [-0.15, -0.1) is 0 Å². The SMILES string of the molecule is CC(O)c1ccc(O)cc1.CC(O)c1ccc(O)cc1.c1cc2ccc3ccc4ccc5ccc6ccc1c1c2c3c4c5c61. The van der Waals surface area contributed by atoms with Crippen molar-refractivity contribution in [2.24, 2.45) is 0 Å². The predicted octanol–water partition coefficient (Wildman–Crippen LogP) is 9.81. The van der Waals surface area contributed by atoms with Gasteiger partial charge in [0.1, 0.15) is 11.5 Å². The molecule has 0 aromatic heterocycles. The van der Waals surface area contributed by atoms with Crippen LogP contribution in [0.1, 0.15) is 37.2 Å². The van der Waals surface area contributed by atoms with Crippen LogP contribution in [0.3, 0.4) is 0 Å². The minimum atomic E-state index is -0.458. The molecule has 0 bridgehead atoms. The third-order valence-electron chi connectivity index (χ3n) is 8.64. The largest absolute Gasteiger partial charge is 0.508 e. The molecule has 0 saturated heterocycles. The Morgan fingerprint density at radius 3 is 0.659 bits per heavy atom. The van der Waals surface area contributed by atoms with Crippen molar-refractivity contribution in [2.45, 2.75) is 26.1 Å². The predicted molar refractivity (Wildman–Crippen MR) is 183 cm³/mol. The van der Waals surface area contributed by atoms with Crippen molar-refractivity contribution < 1.29 is 20.4 Å². The monoisotopic (exact) mass is 576 g/mol. The Balaban J connectivity index is 0.000000131. The molecule has 0 aliphatic rings. The second-order valence-corrected chi connectivity index (χ2v) is 11.5. The third kappa shape index (κ3) is 4.65. The van der Waals surface area contributed by atoms with Crippen LogP contribution in [0.25, 0.3) is 64.6 Å². The number of phenols is 2. The molecule has 0 aliphatic carbocycles. The highest BCUT2D eigenvalue weighted by Gasteiger charge is 2.19. The van der Waals surface area contributed by atoms with Gasteiger partial charge in [-0.2, -0.15) is 0 Å². The first-order chi connectivity index (χ1) is 21.3. The van der Waals surface area contributed by atoms with E-state index in [4.69, 9.17) is 20.4 Å². The number of benzene rings is 9. The maximum atomic E-state index is 9.03. The van der Waals surface area contributed by atoms with Crippen LogP contribution < -0.4 is 0 Å². The van der Waals surface area contributed by atoms with Gasteiger partial charge >= 0.3 is 0 Å². The molecule has 9 aromatic carbocycles. The summed E-state index contributed by atoms with van der Waals surface area (Å²) in [6.45, 7) is 3.37. The van der Waals surface area contributed by atoms with Crippen LogP contribution in [0.2, 0.25) is 0 Å². The summed E-state index contributed by atoms with van der Waals surface area (Å²) in [6, 6.07) is 40.3. The van der Waals surface area contributed by atoms with Crippen LogP contribution in [-0.4, -0.2) is 20.4 Å². The molecule has 2 unspecified atom stereocenters. The molecule has 4 nitrogen and oxygen atoms in total. The van der Waals surface area contributed by atoms with E-state index >= 15 is 0 Å². The average Bonchev–Trinajstić information content (AvgIpc) is 3.04. The minimum absolute atomic E-state index is 0.226. The molecule has 0 radical (unpaired) electrons. The quantitative estimate of drug-likeness (QED) is 0.122. The Morgan fingerprint density at radius 1 is 0.318 bits per heavy atom. The van der Waals surface area contributed by atoms with Gasteiger partial charge in [0, 0.05) is 0 Å². The molecule has 44 heavy (non-hydrogen) atoms. The van der Waals surface area contributed by atoms with Gasteiger partial charge in [-0.3, -0.25) is 0 Å². The Morgan fingerprint density at radius 2 is 0.500 bits per heavy atom. The number of aliphatic hydroxyl groups excluding tert-OH is 2. The van der Waals surface area contributed by atoms with Gasteiger partial charge in [-0.25, -0.2) is 0 Å². The van der Waals surface area contributed by atoms with Gasteiger partial charge < -0.3 is 20.4 Å². The van der Waals surface area contributed by atoms with Gasteiger partial charge in [-0.05, 0) is 114 Å². The van der Waals surface area contributed by atoms with Gasteiger partial charge in [-0.1, -0.05) is 97.1 Å². The van der Waals surface area contributed by atoms with Gasteiger partial charge in [0.25, 0.3) is 0 Å². The summed E-state index contributed by atoms with van der Waals surface area (Å²) >= 11 is 0. The fourth-order valence-corrected chi connectivity index (χ4v) is 6.40. The second-order valence-electron chi connectivity index (χ2n) is 11.5. The van der Waals surface area contributed by atoms with E-state index in [1.807, 2.05) is 0 Å². The zero-order valence-corrected chi connectivity index (χ0v) is 24.5. The number of aromatic hydroxyl groups is 2. The van der Waals surface area contributed by atoms with Crippen molar-refractivity contribution in [1.82, 2.24) is 0 Å². The van der Waals surface area contributed by atoms with E-state index in [-0.39, 0.29) is 11.5 Å². The molecule has 0 amide bonds. The molecule has 9 rings (SSSR count). The summed E-state index contributed by atoms with van der Waals surface area (Å²) in [7, 11) is 0. The molecule has 0 aliphatic heterocycles. The summed E-state index contributed by atoms with van der Waals surface area (Å²) in [5.41, 5.74) is 1.63. The lowest BCUT2D eigenvalue weighted by Crippen LogP contribution is -1.91. The number of aliphatic hydroxyl groups is 2. The van der Waals surface area contributed by atoms with Crippen LogP contribution in [0.15, 0.2) is 121 Å². The second kappa shape index (κ2) is 10.8. The van der Waals surface area contributed by atoms with Crippen molar-refractivity contribution in [1.29, 1.82) is 0 Å². The molecule has 2 atom stereocenters. The first-order valence-electron chi connectivity index (χ1n) is 14.8. The van der Waals surface area contributed by atoms with Crippen molar-refractivity contribution >= 4 is 64.6 Å². The fourth-order valence-electron chi connectivity index (χ4n) is 6.40. The van der Waals surface area contributed by atoms with E-state index in [0.29, 0.717) is 0 Å². The Labute approximate surface area is 254 Å². The summed E-state index contributed by atoms with van der Waals surface area (Å²) in [6.07, 6.45) is -0.916. The molecule has 0 spiro atoms. The summed E-state index contributed by atoms with van der Waals surface area (Å²) in [5, 5.41) is 52.5. The van der Waals surface area contributed by atoms with E-state index in [1.54, 1.807) is 62.4 Å². The highest BCUT2D eigenvalue weighted by atomic mass is 16.3. The molecule has 4 N–H and O–H groups in total. The average molecular weight is 577 g/mol. The Bertz CT molecular complexity index is 1890. The third-order valence-corrected chi connectivity index (χ3v) is 8.64. The van der Waals surface area contributed by atoms with Gasteiger partial charge in [0.2, 0.25) is 0 Å². The molecular weight excluding hydrogens is 544 g/mol. The summed E-state index contributed by atoms with van der Waals surface area (Å²) in [4.78, 5) is 0. The topological polar surface area (TPSA) is 80.9 Å². The van der Waals surface area contributed by atoms with Gasteiger partial charge in [0.15, 0.2) is 0 Å². The number of hydrogen-bond acceptors (Lipinski definition) is 4. The number of phenolic OH excluding ortho intramolecular Hbond substituents is 2. The highest BCUT2D eigenvalue weighted by Crippen LogP contribution is 2.47. The lowest BCUT2D eigenvalue weighted by atomic mass is 9.83. The molecule has 0 saturated carbocycles. The fraction of sp³-hybridized carbons (Fsp3) is 0.100. The van der Waals surface area contributed by atoms with E-state index in [1.165, 1.54) is 64.6 Å². The van der Waals surface area contributed by atoms with E-state index in [2.05, 4.69) is 72.8 Å². The molecule has 9 aromatic rings. The molecule has 4 heteroatoms. The van der Waals surface area contributed by atoms with Crippen molar-refractivity contribution in [3.05, 3.63) is 132 Å². The van der Waals surface area contributed by atoms with Crippen LogP contribution in [-0.2, 0) is 0 Å². The minimum Gasteiger partial charge on any atom is -0.508 e. The summed E-state index contributed by atoms with van der Waals surface area (Å²) < 4.78 is 0. The van der Waals surface area contributed by atoms with Crippen molar-refractivity contribution in [2.75, 3.05) is 0 Å². The van der Waals surface area contributed by atoms with Crippen LogP contribution >= 0.6 is 0 Å². The number of hydrogen-bond donors (Lipinski definition) is 4. The van der Waals surface area contributed by atoms with E-state index < -0.39 is 12.2 Å². The lowest BCUT2D eigenvalue weighted by Gasteiger charge is -2.20. The maximum Gasteiger partial charge on any atom is 0.115 e. The van der Waals surface area contributed by atoms with Gasteiger partial charge in [0.05, 0.1) is 12.2 Å². The molecule has 0 fully saturated rings. The zero-order chi connectivity index (χ0) is 30.5. The zero-order valence-electron chi connectivity index (χ0n) is 24.5.